The lowest BCUT2D eigenvalue weighted by atomic mass is 10.3. The molecule has 0 spiro atoms. The quantitative estimate of drug-likeness (QED) is 0.780. The van der Waals surface area contributed by atoms with E-state index in [9.17, 15) is 4.79 Å². The lowest BCUT2D eigenvalue weighted by molar-refractivity contribution is 0.0697. The number of hydrogen-bond acceptors (Lipinski definition) is 5. The summed E-state index contributed by atoms with van der Waals surface area (Å²) in [5.74, 6) is -0.745. The molecule has 0 aliphatic heterocycles. The maximum Gasteiger partial charge on any atom is 0.339 e. The highest BCUT2D eigenvalue weighted by atomic mass is 16.4. The summed E-state index contributed by atoms with van der Waals surface area (Å²) in [6, 6.07) is 1.41. The summed E-state index contributed by atoms with van der Waals surface area (Å²) in [5.41, 5.74) is 0.116. The first-order valence-corrected chi connectivity index (χ1v) is 5.02. The van der Waals surface area contributed by atoms with Crippen LogP contribution in [0.1, 0.15) is 10.4 Å². The van der Waals surface area contributed by atoms with Crippen molar-refractivity contribution in [1.29, 1.82) is 0 Å². The summed E-state index contributed by atoms with van der Waals surface area (Å²) in [5, 5.41) is 19.3. The standard InChI is InChI=1S/C10H11N5O2/c16-10(17)8-1-2-13-14-9(8)12-4-6-15-5-3-11-7-15/h1-3,5,7H,4,6H2,(H,12,14)(H,16,17). The zero-order valence-electron chi connectivity index (χ0n) is 8.95. The van der Waals surface area contributed by atoms with Crippen molar-refractivity contribution in [2.24, 2.45) is 0 Å². The molecule has 2 heterocycles. The molecule has 0 fully saturated rings. The van der Waals surface area contributed by atoms with Crippen molar-refractivity contribution < 1.29 is 9.90 Å². The molecule has 2 N–H and O–H groups in total. The van der Waals surface area contributed by atoms with Crippen molar-refractivity contribution in [2.45, 2.75) is 6.54 Å². The van der Waals surface area contributed by atoms with Crippen LogP contribution in [-0.2, 0) is 6.54 Å². The summed E-state index contributed by atoms with van der Waals surface area (Å²) < 4.78 is 1.88. The van der Waals surface area contributed by atoms with Crippen molar-refractivity contribution in [1.82, 2.24) is 19.7 Å². The van der Waals surface area contributed by atoms with E-state index >= 15 is 0 Å². The van der Waals surface area contributed by atoms with Crippen LogP contribution in [0, 0.1) is 0 Å². The second kappa shape index (κ2) is 5.06. The van der Waals surface area contributed by atoms with Crippen LogP contribution in [0.3, 0.4) is 0 Å². The normalized spacial score (nSPS) is 10.1. The molecule has 0 bridgehead atoms. The lowest BCUT2D eigenvalue weighted by Crippen LogP contribution is -2.13. The number of aromatic nitrogens is 4. The smallest absolute Gasteiger partial charge is 0.339 e. The van der Waals surface area contributed by atoms with Gasteiger partial charge in [-0.25, -0.2) is 9.78 Å². The Bertz CT molecular complexity index is 497. The monoisotopic (exact) mass is 233 g/mol. The van der Waals surface area contributed by atoms with Gasteiger partial charge in [0.2, 0.25) is 0 Å². The van der Waals surface area contributed by atoms with Crippen molar-refractivity contribution in [2.75, 3.05) is 11.9 Å². The number of carbonyl (C=O) groups is 1. The molecule has 0 saturated carbocycles. The van der Waals surface area contributed by atoms with E-state index in [2.05, 4.69) is 20.5 Å². The van der Waals surface area contributed by atoms with Crippen LogP contribution in [0.4, 0.5) is 5.82 Å². The Morgan fingerprint density at radius 2 is 2.35 bits per heavy atom. The van der Waals surface area contributed by atoms with Gasteiger partial charge in [-0.1, -0.05) is 0 Å². The molecule has 0 aliphatic rings. The Kier molecular flexibility index (Phi) is 3.29. The Morgan fingerprint density at radius 3 is 3.06 bits per heavy atom. The Balaban J connectivity index is 1.97. The molecule has 0 unspecified atom stereocenters. The zero-order chi connectivity index (χ0) is 12.1. The predicted molar refractivity (Wildman–Crippen MR) is 59.7 cm³/mol. The first-order chi connectivity index (χ1) is 8.27. The summed E-state index contributed by atoms with van der Waals surface area (Å²) >= 11 is 0. The van der Waals surface area contributed by atoms with Gasteiger partial charge in [-0.05, 0) is 6.07 Å². The van der Waals surface area contributed by atoms with Crippen LogP contribution < -0.4 is 5.32 Å². The van der Waals surface area contributed by atoms with Gasteiger partial charge in [-0.15, -0.1) is 5.10 Å². The van der Waals surface area contributed by atoms with Crippen LogP contribution in [0.5, 0.6) is 0 Å². The third-order valence-corrected chi connectivity index (χ3v) is 2.17. The molecule has 2 aromatic heterocycles. The molecule has 2 rings (SSSR count). The molecular formula is C10H11N5O2. The van der Waals surface area contributed by atoms with Gasteiger partial charge in [0.05, 0.1) is 12.5 Å². The molecule has 7 heteroatoms. The number of nitrogens with zero attached hydrogens (tertiary/aromatic N) is 4. The average molecular weight is 233 g/mol. The first kappa shape index (κ1) is 11.1. The summed E-state index contributed by atoms with van der Waals surface area (Å²) in [6.45, 7) is 1.23. The van der Waals surface area contributed by atoms with E-state index < -0.39 is 5.97 Å². The second-order valence-electron chi connectivity index (χ2n) is 3.33. The van der Waals surface area contributed by atoms with E-state index in [1.165, 1.54) is 12.3 Å². The van der Waals surface area contributed by atoms with Crippen LogP contribution in [0.25, 0.3) is 0 Å². The third kappa shape index (κ3) is 2.77. The van der Waals surface area contributed by atoms with E-state index in [-0.39, 0.29) is 11.4 Å². The number of imidazole rings is 1. The van der Waals surface area contributed by atoms with E-state index in [0.29, 0.717) is 13.1 Å². The van der Waals surface area contributed by atoms with Gasteiger partial charge < -0.3 is 15.0 Å². The molecular weight excluding hydrogens is 222 g/mol. The number of anilines is 1. The Labute approximate surface area is 97.1 Å². The fourth-order valence-corrected chi connectivity index (χ4v) is 1.36. The molecule has 0 amide bonds. The average Bonchev–Trinajstić information content (AvgIpc) is 2.82. The molecule has 88 valence electrons. The molecule has 0 aromatic carbocycles. The largest absolute Gasteiger partial charge is 0.478 e. The molecule has 17 heavy (non-hydrogen) atoms. The van der Waals surface area contributed by atoms with E-state index in [1.54, 1.807) is 12.5 Å². The highest BCUT2D eigenvalue weighted by Gasteiger charge is 2.10. The fraction of sp³-hybridized carbons (Fsp3) is 0.200. The van der Waals surface area contributed by atoms with E-state index in [1.807, 2.05) is 10.8 Å². The Morgan fingerprint density at radius 1 is 1.47 bits per heavy atom. The molecule has 0 aliphatic carbocycles. The minimum absolute atomic E-state index is 0.116. The van der Waals surface area contributed by atoms with Crippen LogP contribution >= 0.6 is 0 Å². The number of rotatable bonds is 5. The van der Waals surface area contributed by atoms with Gasteiger partial charge in [0, 0.05) is 25.5 Å². The minimum Gasteiger partial charge on any atom is -0.478 e. The summed E-state index contributed by atoms with van der Waals surface area (Å²) in [6.07, 6.45) is 6.56. The number of nitrogens with one attached hydrogen (secondary N) is 1. The van der Waals surface area contributed by atoms with Gasteiger partial charge in [-0.2, -0.15) is 5.10 Å². The number of aromatic carboxylic acids is 1. The highest BCUT2D eigenvalue weighted by Crippen LogP contribution is 2.09. The Hall–Kier alpha value is -2.44. The maximum atomic E-state index is 10.9. The molecule has 0 saturated heterocycles. The zero-order valence-corrected chi connectivity index (χ0v) is 8.95. The van der Waals surface area contributed by atoms with Gasteiger partial charge in [0.15, 0.2) is 5.82 Å². The summed E-state index contributed by atoms with van der Waals surface area (Å²) in [7, 11) is 0. The van der Waals surface area contributed by atoms with Crippen molar-refractivity contribution in [3.05, 3.63) is 36.5 Å². The molecule has 0 radical (unpaired) electrons. The fourth-order valence-electron chi connectivity index (χ4n) is 1.36. The van der Waals surface area contributed by atoms with Gasteiger partial charge in [0.25, 0.3) is 0 Å². The topological polar surface area (TPSA) is 92.9 Å². The van der Waals surface area contributed by atoms with Crippen molar-refractivity contribution in [3.8, 4) is 0 Å². The van der Waals surface area contributed by atoms with Gasteiger partial charge in [0.1, 0.15) is 5.56 Å². The van der Waals surface area contributed by atoms with Gasteiger partial charge >= 0.3 is 5.97 Å². The van der Waals surface area contributed by atoms with Crippen LogP contribution in [0.2, 0.25) is 0 Å². The van der Waals surface area contributed by atoms with E-state index in [0.717, 1.165) is 0 Å². The van der Waals surface area contributed by atoms with Crippen LogP contribution in [-0.4, -0.2) is 37.4 Å². The van der Waals surface area contributed by atoms with E-state index in [4.69, 9.17) is 5.11 Å². The van der Waals surface area contributed by atoms with Gasteiger partial charge in [-0.3, -0.25) is 0 Å². The number of carboxylic acid groups (broad SMARTS) is 1. The number of carboxylic acids is 1. The van der Waals surface area contributed by atoms with Crippen molar-refractivity contribution in [3.63, 3.8) is 0 Å². The number of hydrogen-bond donors (Lipinski definition) is 2. The second-order valence-corrected chi connectivity index (χ2v) is 3.33. The van der Waals surface area contributed by atoms with Crippen molar-refractivity contribution >= 4 is 11.8 Å². The predicted octanol–water partition coefficient (Wildman–Crippen LogP) is 0.483. The highest BCUT2D eigenvalue weighted by molar-refractivity contribution is 5.92. The molecule has 0 atom stereocenters. The minimum atomic E-state index is -1.02. The third-order valence-electron chi connectivity index (χ3n) is 2.17. The first-order valence-electron chi connectivity index (χ1n) is 5.02. The molecule has 7 nitrogen and oxygen atoms in total. The SMILES string of the molecule is O=C(O)c1ccnnc1NCCn1ccnc1. The van der Waals surface area contributed by atoms with Crippen LogP contribution in [0.15, 0.2) is 31.0 Å². The lowest BCUT2D eigenvalue weighted by Gasteiger charge is -2.07. The molecule has 2 aromatic rings. The maximum absolute atomic E-state index is 10.9. The summed E-state index contributed by atoms with van der Waals surface area (Å²) in [4.78, 5) is 14.8.